The predicted molar refractivity (Wildman–Crippen MR) is 120 cm³/mol. The summed E-state index contributed by atoms with van der Waals surface area (Å²) >= 11 is 0. The normalized spacial score (nSPS) is 20.7. The van der Waals surface area contributed by atoms with Crippen LogP contribution in [0.2, 0.25) is 0 Å². The fourth-order valence-corrected chi connectivity index (χ4v) is 4.44. The molecule has 6 nitrogen and oxygen atoms in total. The Kier molecular flexibility index (Phi) is 6.87. The van der Waals surface area contributed by atoms with E-state index in [1.165, 1.54) is 0 Å². The molecule has 31 heavy (non-hydrogen) atoms. The molecule has 2 amide bonds. The first-order chi connectivity index (χ1) is 15.1. The number of amides is 2. The Morgan fingerprint density at radius 1 is 1.00 bits per heavy atom. The highest BCUT2D eigenvalue weighted by molar-refractivity contribution is 5.89. The number of hydrogen-bond donors (Lipinski definition) is 0. The van der Waals surface area contributed by atoms with Crippen molar-refractivity contribution in [1.29, 1.82) is 0 Å². The predicted octanol–water partition coefficient (Wildman–Crippen LogP) is 2.82. The van der Waals surface area contributed by atoms with Crippen molar-refractivity contribution in [2.75, 3.05) is 45.9 Å². The van der Waals surface area contributed by atoms with Crippen molar-refractivity contribution in [2.24, 2.45) is 5.92 Å². The summed E-state index contributed by atoms with van der Waals surface area (Å²) in [5, 5.41) is 0. The molecule has 2 aromatic rings. The van der Waals surface area contributed by atoms with E-state index in [1.807, 2.05) is 77.4 Å². The van der Waals surface area contributed by atoms with Crippen LogP contribution in [0.15, 0.2) is 60.7 Å². The molecule has 0 saturated carbocycles. The molecular weight excluding hydrogens is 390 g/mol. The number of rotatable bonds is 7. The molecule has 2 aromatic carbocycles. The Labute approximate surface area is 184 Å². The second-order valence-electron chi connectivity index (χ2n) is 8.36. The van der Waals surface area contributed by atoms with Crippen LogP contribution in [0.1, 0.15) is 24.9 Å². The maximum Gasteiger partial charge on any atom is 0.228 e. The maximum absolute atomic E-state index is 13.1. The van der Waals surface area contributed by atoms with Crippen molar-refractivity contribution in [3.05, 3.63) is 66.2 Å². The number of carbonyl (C=O) groups excluding carboxylic acids is 2. The Hall–Kier alpha value is -2.86. The average molecular weight is 422 g/mol. The number of para-hydroxylation sites is 1. The van der Waals surface area contributed by atoms with Gasteiger partial charge in [0, 0.05) is 45.7 Å². The van der Waals surface area contributed by atoms with Crippen LogP contribution >= 0.6 is 0 Å². The largest absolute Gasteiger partial charge is 0.492 e. The smallest absolute Gasteiger partial charge is 0.228 e. The maximum atomic E-state index is 13.1. The molecule has 2 aliphatic heterocycles. The van der Waals surface area contributed by atoms with Crippen LogP contribution < -0.4 is 4.74 Å². The highest BCUT2D eigenvalue weighted by Gasteiger charge is 2.39. The summed E-state index contributed by atoms with van der Waals surface area (Å²) < 4.78 is 5.78. The van der Waals surface area contributed by atoms with Crippen LogP contribution in [0.25, 0.3) is 0 Å². The lowest BCUT2D eigenvalue weighted by molar-refractivity contribution is -0.137. The van der Waals surface area contributed by atoms with Gasteiger partial charge >= 0.3 is 0 Å². The van der Waals surface area contributed by atoms with Gasteiger partial charge in [-0.1, -0.05) is 48.5 Å². The first kappa shape index (κ1) is 21.4. The number of benzene rings is 2. The number of likely N-dealkylation sites (tertiary alicyclic amines) is 1. The summed E-state index contributed by atoms with van der Waals surface area (Å²) in [4.78, 5) is 31.8. The van der Waals surface area contributed by atoms with Gasteiger partial charge in [-0.25, -0.2) is 0 Å². The molecule has 0 aromatic heterocycles. The number of hydrogen-bond acceptors (Lipinski definition) is 4. The van der Waals surface area contributed by atoms with Crippen LogP contribution in [0.4, 0.5) is 0 Å². The zero-order valence-corrected chi connectivity index (χ0v) is 18.2. The Bertz CT molecular complexity index is 866. The summed E-state index contributed by atoms with van der Waals surface area (Å²) in [5.41, 5.74) is 1.11. The minimum Gasteiger partial charge on any atom is -0.492 e. The average Bonchev–Trinajstić information content (AvgIpc) is 3.21. The lowest BCUT2D eigenvalue weighted by atomic mass is 10.1. The molecule has 0 unspecified atom stereocenters. The van der Waals surface area contributed by atoms with Gasteiger partial charge < -0.3 is 14.5 Å². The third kappa shape index (κ3) is 5.25. The van der Waals surface area contributed by atoms with Gasteiger partial charge in [0.15, 0.2) is 0 Å². The van der Waals surface area contributed by atoms with Crippen molar-refractivity contribution < 1.29 is 14.3 Å². The van der Waals surface area contributed by atoms with Crippen molar-refractivity contribution in [1.82, 2.24) is 14.7 Å². The Morgan fingerprint density at radius 2 is 1.65 bits per heavy atom. The number of piperazine rings is 1. The van der Waals surface area contributed by atoms with Gasteiger partial charge in [-0.15, -0.1) is 0 Å². The van der Waals surface area contributed by atoms with Gasteiger partial charge in [-0.3, -0.25) is 14.5 Å². The second kappa shape index (κ2) is 9.96. The Balaban J connectivity index is 1.23. The molecule has 2 aliphatic rings. The minimum absolute atomic E-state index is 0.00652. The van der Waals surface area contributed by atoms with E-state index < -0.39 is 0 Å². The molecule has 0 radical (unpaired) electrons. The molecule has 2 atom stereocenters. The van der Waals surface area contributed by atoms with E-state index in [-0.39, 0.29) is 23.8 Å². The van der Waals surface area contributed by atoms with Crippen molar-refractivity contribution in [3.8, 4) is 5.75 Å². The van der Waals surface area contributed by atoms with Gasteiger partial charge in [0.2, 0.25) is 11.8 Å². The third-order valence-electron chi connectivity index (χ3n) is 6.36. The number of nitrogens with zero attached hydrogens (tertiary/aromatic N) is 3. The first-order valence-corrected chi connectivity index (χ1v) is 11.1. The van der Waals surface area contributed by atoms with E-state index in [0.717, 1.165) is 30.9 Å². The first-order valence-electron chi connectivity index (χ1n) is 11.1. The monoisotopic (exact) mass is 421 g/mol. The fourth-order valence-electron chi connectivity index (χ4n) is 4.44. The van der Waals surface area contributed by atoms with Crippen LogP contribution in [0, 0.1) is 5.92 Å². The molecule has 2 saturated heterocycles. The molecule has 0 spiro atoms. The molecule has 0 N–H and O–H groups in total. The minimum atomic E-state index is -0.230. The lowest BCUT2D eigenvalue weighted by Crippen LogP contribution is -2.51. The van der Waals surface area contributed by atoms with Crippen LogP contribution in [0.5, 0.6) is 5.75 Å². The summed E-state index contributed by atoms with van der Waals surface area (Å²) in [6.07, 6.45) is 0.321. The zero-order chi connectivity index (χ0) is 21.6. The number of carbonyl (C=O) groups is 2. The molecule has 2 fully saturated rings. The summed E-state index contributed by atoms with van der Waals surface area (Å²) in [7, 11) is 0. The lowest BCUT2D eigenvalue weighted by Gasteiger charge is -2.35. The van der Waals surface area contributed by atoms with Crippen LogP contribution in [-0.4, -0.2) is 72.4 Å². The van der Waals surface area contributed by atoms with Crippen LogP contribution in [-0.2, 0) is 9.59 Å². The van der Waals surface area contributed by atoms with Gasteiger partial charge in [0.25, 0.3) is 0 Å². The van der Waals surface area contributed by atoms with E-state index in [1.54, 1.807) is 0 Å². The molecule has 6 heteroatoms. The van der Waals surface area contributed by atoms with Gasteiger partial charge in [-0.05, 0) is 24.6 Å². The molecule has 164 valence electrons. The summed E-state index contributed by atoms with van der Waals surface area (Å²) in [6.45, 7) is 7.15. The van der Waals surface area contributed by atoms with Crippen molar-refractivity contribution in [2.45, 2.75) is 19.4 Å². The topological polar surface area (TPSA) is 53.1 Å². The quantitative estimate of drug-likeness (QED) is 0.690. The van der Waals surface area contributed by atoms with E-state index >= 15 is 0 Å². The van der Waals surface area contributed by atoms with Crippen molar-refractivity contribution >= 4 is 11.8 Å². The Morgan fingerprint density at radius 3 is 2.32 bits per heavy atom. The standard InChI is InChI=1S/C25H31N3O3/c1-20(21-8-4-2-5-9-21)28-19-22(18-24(28)29)25(30)27-14-12-26(13-15-27)16-17-31-23-10-6-3-7-11-23/h2-11,20,22H,12-19H2,1H3/t20-,22+/m0/s1. The molecule has 0 bridgehead atoms. The molecule has 2 heterocycles. The molecular formula is C25H31N3O3. The molecule has 0 aliphatic carbocycles. The highest BCUT2D eigenvalue weighted by Crippen LogP contribution is 2.29. The SMILES string of the molecule is C[C@@H](c1ccccc1)N1C[C@H](C(=O)N2CCN(CCOc3ccccc3)CC2)CC1=O. The third-order valence-corrected chi connectivity index (χ3v) is 6.36. The highest BCUT2D eigenvalue weighted by atomic mass is 16.5. The van der Waals surface area contributed by atoms with E-state index in [0.29, 0.717) is 32.7 Å². The number of ether oxygens (including phenoxy) is 1. The molecule has 4 rings (SSSR count). The summed E-state index contributed by atoms with van der Waals surface area (Å²) in [6, 6.07) is 19.8. The zero-order valence-electron chi connectivity index (χ0n) is 18.2. The van der Waals surface area contributed by atoms with E-state index in [9.17, 15) is 9.59 Å². The van der Waals surface area contributed by atoms with Crippen LogP contribution in [0.3, 0.4) is 0 Å². The van der Waals surface area contributed by atoms with Gasteiger partial charge in [0.1, 0.15) is 12.4 Å². The summed E-state index contributed by atoms with van der Waals surface area (Å²) in [5.74, 6) is 0.853. The van der Waals surface area contributed by atoms with Gasteiger partial charge in [0.05, 0.1) is 12.0 Å². The van der Waals surface area contributed by atoms with E-state index in [4.69, 9.17) is 4.74 Å². The second-order valence-corrected chi connectivity index (χ2v) is 8.36. The fraction of sp³-hybridized carbons (Fsp3) is 0.440. The van der Waals surface area contributed by atoms with Gasteiger partial charge in [-0.2, -0.15) is 0 Å². The van der Waals surface area contributed by atoms with E-state index in [2.05, 4.69) is 4.90 Å². The van der Waals surface area contributed by atoms with Crippen molar-refractivity contribution in [3.63, 3.8) is 0 Å².